The highest BCUT2D eigenvalue weighted by Gasteiger charge is 2.48. The van der Waals surface area contributed by atoms with Gasteiger partial charge in [-0.15, -0.1) is 0 Å². The number of nitrogens with zero attached hydrogens (tertiary/aromatic N) is 2. The Labute approximate surface area is 151 Å². The number of hydrogen-bond acceptors (Lipinski definition) is 3. The summed E-state index contributed by atoms with van der Waals surface area (Å²) in [6, 6.07) is 9.10. The maximum atomic E-state index is 12.9. The van der Waals surface area contributed by atoms with E-state index in [1.807, 2.05) is 54.2 Å². The number of rotatable bonds is 2. The van der Waals surface area contributed by atoms with Crippen LogP contribution in [0.3, 0.4) is 0 Å². The van der Waals surface area contributed by atoms with Gasteiger partial charge in [0, 0.05) is 36.7 Å². The second-order valence-corrected chi connectivity index (χ2v) is 6.87. The van der Waals surface area contributed by atoms with Crippen LogP contribution in [-0.2, 0) is 4.79 Å². The van der Waals surface area contributed by atoms with Crippen molar-refractivity contribution in [2.24, 2.45) is 0 Å². The summed E-state index contributed by atoms with van der Waals surface area (Å²) >= 11 is 0. The van der Waals surface area contributed by atoms with Crippen LogP contribution in [0.4, 0.5) is 4.79 Å². The van der Waals surface area contributed by atoms with Crippen LogP contribution >= 0.6 is 0 Å². The molecule has 4 rings (SSSR count). The molecule has 0 atom stereocenters. The molecule has 2 aliphatic rings. The number of likely N-dealkylation sites (tertiary alicyclic amines) is 1. The minimum atomic E-state index is -0.864. The fraction of sp³-hybridized carbons (Fsp3) is 0.316. The Hall–Kier alpha value is -3.09. The Kier molecular flexibility index (Phi) is 3.79. The molecule has 0 bridgehead atoms. The van der Waals surface area contributed by atoms with Crippen molar-refractivity contribution in [2.75, 3.05) is 13.1 Å². The van der Waals surface area contributed by atoms with Gasteiger partial charge in [-0.05, 0) is 49.6 Å². The van der Waals surface area contributed by atoms with Gasteiger partial charge in [0.25, 0.3) is 11.8 Å². The van der Waals surface area contributed by atoms with Gasteiger partial charge in [-0.3, -0.25) is 14.9 Å². The molecule has 26 heavy (non-hydrogen) atoms. The van der Waals surface area contributed by atoms with Crippen molar-refractivity contribution >= 4 is 17.8 Å². The summed E-state index contributed by atoms with van der Waals surface area (Å²) in [7, 11) is 0. The standard InChI is InChI=1S/C19H20N4O3/c1-13-4-5-14(12-15(13)22-8-2-3-9-22)16(24)23-10-6-19(7-11-23)17(25)20-18(26)21-19/h2-5,8-9,12H,6-7,10-11H2,1H3,(H2,20,21,25,26). The largest absolute Gasteiger partial charge is 0.338 e. The normalized spacial score (nSPS) is 18.7. The third-order valence-electron chi connectivity index (χ3n) is 5.26. The molecule has 2 N–H and O–H groups in total. The van der Waals surface area contributed by atoms with Crippen molar-refractivity contribution in [1.29, 1.82) is 0 Å². The van der Waals surface area contributed by atoms with E-state index in [4.69, 9.17) is 0 Å². The Balaban J connectivity index is 1.52. The molecule has 2 aliphatic heterocycles. The fourth-order valence-electron chi connectivity index (χ4n) is 3.67. The van der Waals surface area contributed by atoms with Gasteiger partial charge in [-0.25, -0.2) is 4.79 Å². The zero-order valence-electron chi connectivity index (χ0n) is 14.5. The molecular formula is C19H20N4O3. The van der Waals surface area contributed by atoms with Crippen LogP contribution < -0.4 is 10.6 Å². The molecular weight excluding hydrogens is 332 g/mol. The monoisotopic (exact) mass is 352 g/mol. The minimum absolute atomic E-state index is 0.0574. The van der Waals surface area contributed by atoms with Crippen LogP contribution in [0.2, 0.25) is 0 Å². The van der Waals surface area contributed by atoms with E-state index in [0.717, 1.165) is 11.3 Å². The number of carbonyl (C=O) groups is 3. The van der Waals surface area contributed by atoms with Gasteiger partial charge in [-0.1, -0.05) is 6.07 Å². The Morgan fingerprint density at radius 3 is 2.42 bits per heavy atom. The van der Waals surface area contributed by atoms with E-state index < -0.39 is 11.6 Å². The van der Waals surface area contributed by atoms with E-state index in [1.165, 1.54) is 0 Å². The molecule has 0 aliphatic carbocycles. The summed E-state index contributed by atoms with van der Waals surface area (Å²) in [5.41, 5.74) is 1.81. The highest BCUT2D eigenvalue weighted by atomic mass is 16.2. The second kappa shape index (κ2) is 6.01. The predicted octanol–water partition coefficient (Wildman–Crippen LogP) is 1.60. The zero-order valence-corrected chi connectivity index (χ0v) is 14.5. The summed E-state index contributed by atoms with van der Waals surface area (Å²) in [5.74, 6) is -0.349. The molecule has 1 aromatic heterocycles. The minimum Gasteiger partial charge on any atom is -0.338 e. The summed E-state index contributed by atoms with van der Waals surface area (Å²) in [5, 5.41) is 5.00. The zero-order chi connectivity index (χ0) is 18.3. The van der Waals surface area contributed by atoms with Gasteiger partial charge in [0.2, 0.25) is 0 Å². The van der Waals surface area contributed by atoms with Crippen LogP contribution in [0.5, 0.6) is 0 Å². The molecule has 2 fully saturated rings. The van der Waals surface area contributed by atoms with Crippen LogP contribution in [0.25, 0.3) is 5.69 Å². The lowest BCUT2D eigenvalue weighted by molar-refractivity contribution is -0.125. The topological polar surface area (TPSA) is 83.4 Å². The number of imide groups is 1. The number of benzene rings is 1. The lowest BCUT2D eigenvalue weighted by atomic mass is 9.87. The van der Waals surface area contributed by atoms with Gasteiger partial charge in [0.05, 0.1) is 0 Å². The number of nitrogens with one attached hydrogen (secondary N) is 2. The fourth-order valence-corrected chi connectivity index (χ4v) is 3.67. The SMILES string of the molecule is Cc1ccc(C(=O)N2CCC3(CC2)NC(=O)NC3=O)cc1-n1cccc1. The van der Waals surface area contributed by atoms with Crippen molar-refractivity contribution in [3.05, 3.63) is 53.9 Å². The first-order chi connectivity index (χ1) is 12.5. The van der Waals surface area contributed by atoms with Crippen LogP contribution in [-0.4, -0.2) is 45.9 Å². The summed E-state index contributed by atoms with van der Waals surface area (Å²) in [6.45, 7) is 2.87. The quantitative estimate of drug-likeness (QED) is 0.806. The number of hydrogen-bond donors (Lipinski definition) is 2. The molecule has 2 aromatic rings. The first-order valence-electron chi connectivity index (χ1n) is 8.65. The molecule has 0 radical (unpaired) electrons. The van der Waals surface area contributed by atoms with Gasteiger partial charge < -0.3 is 14.8 Å². The van der Waals surface area contributed by atoms with Gasteiger partial charge >= 0.3 is 6.03 Å². The van der Waals surface area contributed by atoms with Crippen LogP contribution in [0, 0.1) is 6.92 Å². The molecule has 4 amide bonds. The van der Waals surface area contributed by atoms with Crippen LogP contribution in [0.1, 0.15) is 28.8 Å². The van der Waals surface area contributed by atoms with Gasteiger partial charge in [0.1, 0.15) is 5.54 Å². The lowest BCUT2D eigenvalue weighted by Crippen LogP contribution is -2.55. The van der Waals surface area contributed by atoms with Gasteiger partial charge in [-0.2, -0.15) is 0 Å². The Morgan fingerprint density at radius 2 is 1.81 bits per heavy atom. The van der Waals surface area contributed by atoms with Crippen molar-refractivity contribution in [3.63, 3.8) is 0 Å². The van der Waals surface area contributed by atoms with Crippen molar-refractivity contribution in [3.8, 4) is 5.69 Å². The average Bonchev–Trinajstić information content (AvgIpc) is 3.24. The molecule has 0 saturated carbocycles. The summed E-state index contributed by atoms with van der Waals surface area (Å²) in [6.07, 6.45) is 4.74. The third-order valence-corrected chi connectivity index (χ3v) is 5.26. The molecule has 1 aromatic carbocycles. The molecule has 134 valence electrons. The van der Waals surface area contributed by atoms with Gasteiger partial charge in [0.15, 0.2) is 0 Å². The van der Waals surface area contributed by atoms with E-state index >= 15 is 0 Å². The lowest BCUT2D eigenvalue weighted by Gasteiger charge is -2.37. The highest BCUT2D eigenvalue weighted by Crippen LogP contribution is 2.27. The molecule has 0 unspecified atom stereocenters. The number of carbonyl (C=O) groups excluding carboxylic acids is 3. The maximum absolute atomic E-state index is 12.9. The number of urea groups is 1. The Morgan fingerprint density at radius 1 is 1.12 bits per heavy atom. The third kappa shape index (κ3) is 2.65. The van der Waals surface area contributed by atoms with Crippen molar-refractivity contribution in [1.82, 2.24) is 20.1 Å². The number of piperidine rings is 1. The molecule has 2 saturated heterocycles. The van der Waals surface area contributed by atoms with E-state index in [0.29, 0.717) is 31.5 Å². The highest BCUT2D eigenvalue weighted by molar-refractivity contribution is 6.07. The van der Waals surface area contributed by atoms with Crippen molar-refractivity contribution < 1.29 is 14.4 Å². The molecule has 3 heterocycles. The maximum Gasteiger partial charge on any atom is 0.322 e. The summed E-state index contributed by atoms with van der Waals surface area (Å²) < 4.78 is 1.98. The van der Waals surface area contributed by atoms with Crippen LogP contribution in [0.15, 0.2) is 42.7 Å². The molecule has 7 nitrogen and oxygen atoms in total. The van der Waals surface area contributed by atoms with E-state index in [2.05, 4.69) is 10.6 Å². The molecule has 7 heteroatoms. The number of aromatic nitrogens is 1. The average molecular weight is 352 g/mol. The first-order valence-corrected chi connectivity index (χ1v) is 8.65. The van der Waals surface area contributed by atoms with E-state index in [9.17, 15) is 14.4 Å². The second-order valence-electron chi connectivity index (χ2n) is 6.87. The van der Waals surface area contributed by atoms with E-state index in [-0.39, 0.29) is 11.8 Å². The summed E-state index contributed by atoms with van der Waals surface area (Å²) in [4.78, 5) is 38.1. The molecule has 1 spiro atoms. The number of amides is 4. The van der Waals surface area contributed by atoms with E-state index in [1.54, 1.807) is 4.90 Å². The first kappa shape index (κ1) is 16.4. The predicted molar refractivity (Wildman–Crippen MR) is 95.0 cm³/mol. The Bertz CT molecular complexity index is 880. The van der Waals surface area contributed by atoms with Crippen molar-refractivity contribution in [2.45, 2.75) is 25.3 Å². The number of aryl methyl sites for hydroxylation is 1. The smallest absolute Gasteiger partial charge is 0.322 e.